The second-order valence-corrected chi connectivity index (χ2v) is 5.44. The van der Waals surface area contributed by atoms with E-state index in [9.17, 15) is 5.11 Å². The predicted octanol–water partition coefficient (Wildman–Crippen LogP) is 3.75. The van der Waals surface area contributed by atoms with Gasteiger partial charge in [0, 0.05) is 17.5 Å². The minimum Gasteiger partial charge on any atom is -0.380 e. The number of aromatic nitrogens is 1. The van der Waals surface area contributed by atoms with Crippen LogP contribution in [0.25, 0.3) is 22.0 Å². The van der Waals surface area contributed by atoms with Crippen LogP contribution in [0.3, 0.4) is 0 Å². The molecule has 1 heterocycles. The summed E-state index contributed by atoms with van der Waals surface area (Å²) in [7, 11) is 0. The summed E-state index contributed by atoms with van der Waals surface area (Å²) in [5, 5.41) is 10.6. The van der Waals surface area contributed by atoms with Gasteiger partial charge in [-0.3, -0.25) is 4.98 Å². The van der Waals surface area contributed by atoms with E-state index in [0.717, 1.165) is 33.3 Å². The van der Waals surface area contributed by atoms with Crippen molar-refractivity contribution in [3.8, 4) is 23.5 Å². The first-order chi connectivity index (χ1) is 10.7. The van der Waals surface area contributed by atoms with Crippen LogP contribution in [0.2, 0.25) is 0 Å². The van der Waals surface area contributed by atoms with E-state index in [0.29, 0.717) is 6.42 Å². The molecule has 3 rings (SSSR count). The third-order valence-corrected chi connectivity index (χ3v) is 3.74. The summed E-state index contributed by atoms with van der Waals surface area (Å²) < 4.78 is 0. The lowest BCUT2D eigenvalue weighted by Gasteiger charge is -2.07. The molecule has 0 saturated heterocycles. The van der Waals surface area contributed by atoms with Crippen LogP contribution < -0.4 is 0 Å². The van der Waals surface area contributed by atoms with Crippen molar-refractivity contribution in [2.75, 3.05) is 0 Å². The minimum absolute atomic E-state index is 0.484. The van der Waals surface area contributed by atoms with Crippen LogP contribution in [0, 0.1) is 19.3 Å². The number of benzene rings is 2. The SMILES string of the molecule is C#CC(O)Cc1ccc(-c2ccc3nc(C)ccc3c2)cc1. The monoisotopic (exact) mass is 287 g/mol. The van der Waals surface area contributed by atoms with Gasteiger partial charge in [-0.25, -0.2) is 0 Å². The van der Waals surface area contributed by atoms with Crippen LogP contribution in [0.1, 0.15) is 11.3 Å². The third-order valence-electron chi connectivity index (χ3n) is 3.74. The number of fused-ring (bicyclic) bond motifs is 1. The summed E-state index contributed by atoms with van der Waals surface area (Å²) in [6.45, 7) is 2.00. The van der Waals surface area contributed by atoms with Crippen molar-refractivity contribution >= 4 is 10.9 Å². The fourth-order valence-electron chi connectivity index (χ4n) is 2.52. The minimum atomic E-state index is -0.721. The van der Waals surface area contributed by atoms with E-state index < -0.39 is 6.10 Å². The van der Waals surface area contributed by atoms with Crippen molar-refractivity contribution in [2.45, 2.75) is 19.4 Å². The summed E-state index contributed by atoms with van der Waals surface area (Å²) >= 11 is 0. The van der Waals surface area contributed by atoms with Gasteiger partial charge in [0.25, 0.3) is 0 Å². The van der Waals surface area contributed by atoms with Gasteiger partial charge in [-0.05, 0) is 41.8 Å². The molecule has 1 atom stereocenters. The number of aryl methyl sites for hydroxylation is 1. The highest BCUT2D eigenvalue weighted by atomic mass is 16.3. The lowest BCUT2D eigenvalue weighted by atomic mass is 10.00. The Hall–Kier alpha value is -2.63. The van der Waals surface area contributed by atoms with Gasteiger partial charge >= 0.3 is 0 Å². The number of aliphatic hydroxyl groups excluding tert-OH is 1. The Morgan fingerprint density at radius 2 is 1.77 bits per heavy atom. The Bertz CT molecular complexity index is 844. The van der Waals surface area contributed by atoms with E-state index in [4.69, 9.17) is 6.42 Å². The molecular weight excluding hydrogens is 270 g/mol. The van der Waals surface area contributed by atoms with Crippen LogP contribution in [0.4, 0.5) is 0 Å². The highest BCUT2D eigenvalue weighted by Crippen LogP contribution is 2.24. The molecule has 1 N–H and O–H groups in total. The van der Waals surface area contributed by atoms with Crippen LogP contribution in [0.15, 0.2) is 54.6 Å². The van der Waals surface area contributed by atoms with Crippen molar-refractivity contribution in [3.63, 3.8) is 0 Å². The molecule has 0 saturated carbocycles. The number of aliphatic hydroxyl groups is 1. The molecule has 0 aliphatic rings. The molecule has 108 valence electrons. The molecule has 0 fully saturated rings. The first-order valence-corrected chi connectivity index (χ1v) is 7.26. The number of nitrogens with zero attached hydrogens (tertiary/aromatic N) is 1. The zero-order chi connectivity index (χ0) is 15.5. The molecule has 0 aliphatic heterocycles. The van der Waals surface area contributed by atoms with Crippen molar-refractivity contribution in [1.29, 1.82) is 0 Å². The lowest BCUT2D eigenvalue weighted by molar-refractivity contribution is 0.233. The van der Waals surface area contributed by atoms with Gasteiger partial charge in [0.1, 0.15) is 6.10 Å². The molecule has 0 spiro atoms. The number of terminal acetylenes is 1. The maximum Gasteiger partial charge on any atom is 0.118 e. The molecule has 1 aromatic heterocycles. The average Bonchev–Trinajstić information content (AvgIpc) is 2.55. The van der Waals surface area contributed by atoms with E-state index in [-0.39, 0.29) is 0 Å². The highest BCUT2D eigenvalue weighted by Gasteiger charge is 2.04. The van der Waals surface area contributed by atoms with Crippen molar-refractivity contribution in [1.82, 2.24) is 4.98 Å². The quantitative estimate of drug-likeness (QED) is 0.744. The van der Waals surface area contributed by atoms with Crippen molar-refractivity contribution in [3.05, 3.63) is 65.9 Å². The number of hydrogen-bond acceptors (Lipinski definition) is 2. The largest absolute Gasteiger partial charge is 0.380 e. The third kappa shape index (κ3) is 3.00. The maximum absolute atomic E-state index is 9.50. The summed E-state index contributed by atoms with van der Waals surface area (Å²) in [6.07, 6.45) is 4.96. The normalized spacial score (nSPS) is 12.0. The Balaban J connectivity index is 1.91. The molecule has 3 aromatic rings. The highest BCUT2D eigenvalue weighted by molar-refractivity contribution is 5.84. The molecule has 22 heavy (non-hydrogen) atoms. The Labute approximate surface area is 130 Å². The second-order valence-electron chi connectivity index (χ2n) is 5.44. The van der Waals surface area contributed by atoms with Gasteiger partial charge < -0.3 is 5.11 Å². The van der Waals surface area contributed by atoms with E-state index in [1.165, 1.54) is 0 Å². The molecule has 0 bridgehead atoms. The van der Waals surface area contributed by atoms with Crippen molar-refractivity contribution in [2.24, 2.45) is 0 Å². The zero-order valence-electron chi connectivity index (χ0n) is 12.5. The summed E-state index contributed by atoms with van der Waals surface area (Å²) in [4.78, 5) is 4.52. The summed E-state index contributed by atoms with van der Waals surface area (Å²) in [5.74, 6) is 2.33. The molecule has 2 nitrogen and oxygen atoms in total. The maximum atomic E-state index is 9.50. The van der Waals surface area contributed by atoms with Gasteiger partial charge in [-0.1, -0.05) is 42.3 Å². The standard InChI is InChI=1S/C20H17NO/c1-3-19(22)12-15-5-8-16(9-6-15)17-10-11-20-18(13-17)7-4-14(2)21-20/h1,4-11,13,19,22H,12H2,2H3. The first-order valence-electron chi connectivity index (χ1n) is 7.26. The van der Waals surface area contributed by atoms with Gasteiger partial charge in [0.05, 0.1) is 5.52 Å². The van der Waals surface area contributed by atoms with Gasteiger partial charge in [0.15, 0.2) is 0 Å². The molecule has 0 radical (unpaired) electrons. The van der Waals surface area contributed by atoms with Crippen molar-refractivity contribution < 1.29 is 5.11 Å². The average molecular weight is 287 g/mol. The fraction of sp³-hybridized carbons (Fsp3) is 0.150. The molecule has 2 aromatic carbocycles. The van der Waals surface area contributed by atoms with Gasteiger partial charge in [-0.2, -0.15) is 0 Å². The Morgan fingerprint density at radius 1 is 1.05 bits per heavy atom. The molecule has 1 unspecified atom stereocenters. The summed E-state index contributed by atoms with van der Waals surface area (Å²) in [6, 6.07) is 18.5. The van der Waals surface area contributed by atoms with E-state index in [1.54, 1.807) is 0 Å². The fourth-order valence-corrected chi connectivity index (χ4v) is 2.52. The van der Waals surface area contributed by atoms with Gasteiger partial charge in [-0.15, -0.1) is 6.42 Å². The number of hydrogen-bond donors (Lipinski definition) is 1. The molecular formula is C20H17NO. The molecule has 0 aliphatic carbocycles. The van der Waals surface area contributed by atoms with Crippen LogP contribution in [-0.2, 0) is 6.42 Å². The first kappa shape index (κ1) is 14.3. The number of pyridine rings is 1. The summed E-state index contributed by atoms with van der Waals surface area (Å²) in [5.41, 5.74) is 5.37. The second kappa shape index (κ2) is 6.01. The number of rotatable bonds is 3. The smallest absolute Gasteiger partial charge is 0.118 e. The Morgan fingerprint density at radius 3 is 2.50 bits per heavy atom. The van der Waals surface area contributed by atoms with E-state index in [2.05, 4.69) is 41.2 Å². The van der Waals surface area contributed by atoms with E-state index in [1.807, 2.05) is 31.2 Å². The molecule has 2 heteroatoms. The van der Waals surface area contributed by atoms with Crippen LogP contribution in [-0.4, -0.2) is 16.2 Å². The lowest BCUT2D eigenvalue weighted by Crippen LogP contribution is -2.06. The van der Waals surface area contributed by atoms with Gasteiger partial charge in [0.2, 0.25) is 0 Å². The molecule has 0 amide bonds. The van der Waals surface area contributed by atoms with Crippen LogP contribution >= 0.6 is 0 Å². The Kier molecular flexibility index (Phi) is 3.91. The zero-order valence-corrected chi connectivity index (χ0v) is 12.5. The predicted molar refractivity (Wildman–Crippen MR) is 90.5 cm³/mol. The van der Waals surface area contributed by atoms with E-state index >= 15 is 0 Å². The van der Waals surface area contributed by atoms with Crippen LogP contribution in [0.5, 0.6) is 0 Å². The topological polar surface area (TPSA) is 33.1 Å².